The highest BCUT2D eigenvalue weighted by Gasteiger charge is 1.93. The van der Waals surface area contributed by atoms with Gasteiger partial charge in [-0.1, -0.05) is 38.3 Å². The van der Waals surface area contributed by atoms with Gasteiger partial charge in [0, 0.05) is 5.33 Å². The molecule has 0 aromatic rings. The molecule has 0 aromatic heterocycles. The van der Waals surface area contributed by atoms with Crippen LogP contribution in [-0.2, 0) is 0 Å². The van der Waals surface area contributed by atoms with E-state index in [1.54, 1.807) is 0 Å². The predicted molar refractivity (Wildman–Crippen MR) is 48.9 cm³/mol. The average Bonchev–Trinajstić information content (AvgIpc) is 1.66. The van der Waals surface area contributed by atoms with Crippen molar-refractivity contribution < 1.29 is 0 Å². The number of hydrogen-bond acceptors (Lipinski definition) is 0. The zero-order valence-electron chi connectivity index (χ0n) is 5.16. The van der Waals surface area contributed by atoms with E-state index in [1.165, 1.54) is 19.3 Å². The second-order valence-electron chi connectivity index (χ2n) is 1.97. The van der Waals surface area contributed by atoms with Gasteiger partial charge in [0.1, 0.15) is 7.85 Å². The van der Waals surface area contributed by atoms with Crippen molar-refractivity contribution in [2.24, 2.45) is 0 Å². The second-order valence-corrected chi connectivity index (χ2v) is 4.32. The van der Waals surface area contributed by atoms with E-state index in [4.69, 9.17) is 0 Å². The van der Waals surface area contributed by atoms with Crippen LogP contribution in [0.15, 0.2) is 0 Å². The molecule has 0 N–H and O–H groups in total. The highest BCUT2D eigenvalue weighted by Crippen LogP contribution is 2.06. The lowest BCUT2D eigenvalue weighted by atomic mass is 9.99. The first kappa shape index (κ1) is 9.02. The van der Waals surface area contributed by atoms with E-state index in [1.807, 2.05) is 0 Å². The van der Waals surface area contributed by atoms with E-state index in [2.05, 4.69) is 39.7 Å². The van der Waals surface area contributed by atoms with Gasteiger partial charge >= 0.3 is 0 Å². The molecule has 0 bridgehead atoms. The minimum absolute atomic E-state index is 0.696. The van der Waals surface area contributed by atoms with Crippen molar-refractivity contribution in [2.75, 3.05) is 5.33 Å². The summed E-state index contributed by atoms with van der Waals surface area (Å²) in [5, 5.41) is 1.15. The minimum atomic E-state index is 0.696. The molecule has 0 saturated carbocycles. The average molecular weight is 242 g/mol. The fraction of sp³-hybridized carbons (Fsp3) is 1.00. The van der Waals surface area contributed by atoms with Gasteiger partial charge in [0.15, 0.2) is 0 Å². The molecular formula is C5H11BBr2. The standard InChI is InChI=1S/C5H11BBr2/c6-5(8)3-1-2-4-7/h5H,1-4,6H2. The van der Waals surface area contributed by atoms with Crippen molar-refractivity contribution in [1.82, 2.24) is 0 Å². The lowest BCUT2D eigenvalue weighted by Gasteiger charge is -1.98. The molecule has 0 heterocycles. The van der Waals surface area contributed by atoms with Gasteiger partial charge in [-0.3, -0.25) is 0 Å². The zero-order chi connectivity index (χ0) is 6.41. The Morgan fingerprint density at radius 2 is 2.00 bits per heavy atom. The van der Waals surface area contributed by atoms with Crippen LogP contribution >= 0.6 is 31.9 Å². The topological polar surface area (TPSA) is 0 Å². The molecule has 48 valence electrons. The Bertz CT molecular complexity index is 47.7. The van der Waals surface area contributed by atoms with E-state index in [9.17, 15) is 0 Å². The molecule has 0 aliphatic heterocycles. The smallest absolute Gasteiger partial charge is 0.0989 e. The largest absolute Gasteiger partial charge is 0.119 e. The number of halogens is 2. The van der Waals surface area contributed by atoms with Crippen molar-refractivity contribution >= 4 is 39.7 Å². The lowest BCUT2D eigenvalue weighted by Crippen LogP contribution is -1.94. The van der Waals surface area contributed by atoms with Crippen LogP contribution in [0, 0.1) is 0 Å². The van der Waals surface area contributed by atoms with Gasteiger partial charge < -0.3 is 0 Å². The van der Waals surface area contributed by atoms with Gasteiger partial charge in [0.25, 0.3) is 0 Å². The highest BCUT2D eigenvalue weighted by atomic mass is 79.9. The fourth-order valence-corrected chi connectivity index (χ4v) is 1.24. The molecule has 0 aliphatic carbocycles. The van der Waals surface area contributed by atoms with Crippen molar-refractivity contribution in [3.05, 3.63) is 0 Å². The third-order valence-electron chi connectivity index (χ3n) is 0.986. The molecular weight excluding hydrogens is 231 g/mol. The first-order valence-electron chi connectivity index (χ1n) is 2.97. The number of rotatable bonds is 4. The summed E-state index contributed by atoms with van der Waals surface area (Å²) >= 11 is 6.87. The molecule has 0 nitrogen and oxygen atoms in total. The SMILES string of the molecule is BC(Br)CCCCBr. The van der Waals surface area contributed by atoms with Crippen molar-refractivity contribution in [3.63, 3.8) is 0 Å². The van der Waals surface area contributed by atoms with Crippen LogP contribution in [0.1, 0.15) is 19.3 Å². The summed E-state index contributed by atoms with van der Waals surface area (Å²) in [5.74, 6) is 0. The molecule has 0 rings (SSSR count). The maximum Gasteiger partial charge on any atom is 0.119 e. The Kier molecular flexibility index (Phi) is 6.94. The molecule has 0 aromatic carbocycles. The molecule has 0 spiro atoms. The third kappa shape index (κ3) is 7.02. The van der Waals surface area contributed by atoms with E-state index >= 15 is 0 Å². The van der Waals surface area contributed by atoms with Crippen LogP contribution in [0.3, 0.4) is 0 Å². The van der Waals surface area contributed by atoms with Gasteiger partial charge in [0.05, 0.1) is 0 Å². The predicted octanol–water partition coefficient (Wildman–Crippen LogP) is 1.91. The van der Waals surface area contributed by atoms with Crippen LogP contribution in [0.4, 0.5) is 0 Å². The number of unbranched alkanes of at least 4 members (excludes halogenated alkanes) is 1. The van der Waals surface area contributed by atoms with E-state index in [0.717, 1.165) is 5.33 Å². The van der Waals surface area contributed by atoms with E-state index < -0.39 is 0 Å². The Hall–Kier alpha value is 1.02. The van der Waals surface area contributed by atoms with Gasteiger partial charge in [-0.05, 0) is 17.6 Å². The molecule has 0 radical (unpaired) electrons. The molecule has 0 saturated heterocycles. The van der Waals surface area contributed by atoms with Gasteiger partial charge in [-0.15, -0.1) is 0 Å². The monoisotopic (exact) mass is 240 g/mol. The molecule has 0 amide bonds. The van der Waals surface area contributed by atoms with Crippen LogP contribution in [-0.4, -0.2) is 17.9 Å². The molecule has 8 heavy (non-hydrogen) atoms. The second kappa shape index (κ2) is 6.15. The quantitative estimate of drug-likeness (QED) is 0.401. The maximum atomic E-state index is 3.49. The number of hydrogen-bond donors (Lipinski definition) is 0. The minimum Gasteiger partial charge on any atom is -0.0989 e. The molecule has 0 fully saturated rings. The normalized spacial score (nSPS) is 13.8. The first-order chi connectivity index (χ1) is 3.77. The summed E-state index contributed by atoms with van der Waals surface area (Å²) in [6.45, 7) is 0. The Morgan fingerprint density at radius 3 is 2.38 bits per heavy atom. The van der Waals surface area contributed by atoms with Crippen molar-refractivity contribution in [1.29, 1.82) is 0 Å². The summed E-state index contributed by atoms with van der Waals surface area (Å²) in [6.07, 6.45) is 3.93. The fourth-order valence-electron chi connectivity index (χ4n) is 0.520. The van der Waals surface area contributed by atoms with Gasteiger partial charge in [-0.25, -0.2) is 0 Å². The lowest BCUT2D eigenvalue weighted by molar-refractivity contribution is 0.773. The van der Waals surface area contributed by atoms with E-state index in [0.29, 0.717) is 4.73 Å². The van der Waals surface area contributed by atoms with Gasteiger partial charge in [0.2, 0.25) is 0 Å². The Morgan fingerprint density at radius 1 is 1.38 bits per heavy atom. The van der Waals surface area contributed by atoms with E-state index in [-0.39, 0.29) is 0 Å². The zero-order valence-corrected chi connectivity index (χ0v) is 8.33. The van der Waals surface area contributed by atoms with Crippen molar-refractivity contribution in [2.45, 2.75) is 24.0 Å². The molecule has 1 atom stereocenters. The maximum absolute atomic E-state index is 3.49. The summed E-state index contributed by atoms with van der Waals surface area (Å²) < 4.78 is 0.696. The third-order valence-corrected chi connectivity index (χ3v) is 2.00. The molecule has 3 heteroatoms. The molecule has 0 aliphatic rings. The van der Waals surface area contributed by atoms with Crippen LogP contribution in [0.2, 0.25) is 0 Å². The first-order valence-corrected chi connectivity index (χ1v) is 5.01. The summed E-state index contributed by atoms with van der Waals surface area (Å²) in [6, 6.07) is 0. The summed E-state index contributed by atoms with van der Waals surface area (Å²) in [7, 11) is 2.19. The van der Waals surface area contributed by atoms with Crippen LogP contribution in [0.5, 0.6) is 0 Å². The Labute approximate surface area is 69.1 Å². The highest BCUT2D eigenvalue weighted by molar-refractivity contribution is 9.10. The summed E-state index contributed by atoms with van der Waals surface area (Å²) in [4.78, 5) is 0. The van der Waals surface area contributed by atoms with Crippen LogP contribution in [0.25, 0.3) is 0 Å². The van der Waals surface area contributed by atoms with Crippen molar-refractivity contribution in [3.8, 4) is 0 Å². The number of alkyl halides is 2. The summed E-state index contributed by atoms with van der Waals surface area (Å²) in [5.41, 5.74) is 0. The van der Waals surface area contributed by atoms with Crippen LogP contribution < -0.4 is 0 Å². The molecule has 1 unspecified atom stereocenters. The van der Waals surface area contributed by atoms with Gasteiger partial charge in [-0.2, -0.15) is 0 Å². The Balaban J connectivity index is 2.72.